The number of hydrogen-bond acceptors (Lipinski definition) is 1. The molecule has 1 aromatic rings. The summed E-state index contributed by atoms with van der Waals surface area (Å²) in [4.78, 5) is 0. The van der Waals surface area contributed by atoms with E-state index in [1.54, 1.807) is 0 Å². The van der Waals surface area contributed by atoms with E-state index in [2.05, 4.69) is 70.1 Å². The summed E-state index contributed by atoms with van der Waals surface area (Å²) >= 11 is 0. The summed E-state index contributed by atoms with van der Waals surface area (Å²) in [5, 5.41) is 0. The first-order valence-corrected chi connectivity index (χ1v) is 11.6. The molecule has 2 rings (SSSR count). The Bertz CT molecular complexity index is 553. The van der Waals surface area contributed by atoms with Crippen LogP contribution in [-0.4, -0.2) is 14.2 Å². The quantitative estimate of drug-likeness (QED) is 0.543. The fraction of sp³-hybridized carbons (Fsp3) is 0.579. The Labute approximate surface area is 131 Å². The molecule has 0 aliphatic heterocycles. The zero-order valence-electron chi connectivity index (χ0n) is 14.3. The molecule has 1 saturated carbocycles. The van der Waals surface area contributed by atoms with Gasteiger partial charge in [-0.1, -0.05) is 45.5 Å². The number of ether oxygens (including phenoxy) is 1. The molecule has 114 valence electrons. The van der Waals surface area contributed by atoms with Crippen LogP contribution in [0.1, 0.15) is 62.3 Å². The number of rotatable bonds is 4. The van der Waals surface area contributed by atoms with Crippen molar-refractivity contribution >= 4 is 8.07 Å². The summed E-state index contributed by atoms with van der Waals surface area (Å²) in [6.07, 6.45) is 3.13. The fourth-order valence-corrected chi connectivity index (χ4v) is 2.87. The Balaban J connectivity index is 2.27. The molecule has 0 aromatic heterocycles. The Kier molecular flexibility index (Phi) is 4.96. The maximum Gasteiger partial charge on any atom is 0.129 e. The molecule has 1 aliphatic rings. The third-order valence-corrected chi connectivity index (χ3v) is 4.52. The van der Waals surface area contributed by atoms with Crippen LogP contribution in [0, 0.1) is 11.5 Å². The third kappa shape index (κ3) is 5.02. The predicted molar refractivity (Wildman–Crippen MR) is 93.3 cm³/mol. The Hall–Kier alpha value is -1.04. The van der Waals surface area contributed by atoms with E-state index in [0.29, 0.717) is 12.0 Å². The molecule has 1 aliphatic carbocycles. The molecule has 1 nitrogen and oxygen atoms in total. The van der Waals surface area contributed by atoms with Crippen molar-refractivity contribution in [3.63, 3.8) is 0 Å². The third-order valence-electron chi connectivity index (χ3n) is 3.65. The average molecular weight is 301 g/mol. The van der Waals surface area contributed by atoms with Crippen LogP contribution >= 0.6 is 0 Å². The smallest absolute Gasteiger partial charge is 0.129 e. The molecular weight excluding hydrogens is 272 g/mol. The Morgan fingerprint density at radius 2 is 1.76 bits per heavy atom. The first kappa shape index (κ1) is 16.3. The SMILES string of the molecule is CC(C)c1cc(C#C[Si](C)(C)C)ccc1C(C)OC1CC1. The minimum absolute atomic E-state index is 0.189. The zero-order valence-corrected chi connectivity index (χ0v) is 15.3. The molecule has 0 radical (unpaired) electrons. The van der Waals surface area contributed by atoms with Crippen molar-refractivity contribution in [3.8, 4) is 11.5 Å². The first-order valence-electron chi connectivity index (χ1n) is 8.09. The van der Waals surface area contributed by atoms with Crippen LogP contribution in [-0.2, 0) is 4.74 Å². The largest absolute Gasteiger partial charge is 0.371 e. The molecule has 1 atom stereocenters. The second-order valence-electron chi connectivity index (χ2n) is 7.48. The van der Waals surface area contributed by atoms with Crippen LogP contribution in [0.15, 0.2) is 18.2 Å². The van der Waals surface area contributed by atoms with E-state index < -0.39 is 8.07 Å². The van der Waals surface area contributed by atoms with Crippen LogP contribution in [0.4, 0.5) is 0 Å². The summed E-state index contributed by atoms with van der Waals surface area (Å²) in [6, 6.07) is 6.64. The van der Waals surface area contributed by atoms with Gasteiger partial charge in [-0.05, 0) is 48.9 Å². The summed E-state index contributed by atoms with van der Waals surface area (Å²) in [5.41, 5.74) is 7.30. The van der Waals surface area contributed by atoms with Crippen LogP contribution in [0.2, 0.25) is 19.6 Å². The van der Waals surface area contributed by atoms with Gasteiger partial charge in [0.1, 0.15) is 8.07 Å². The summed E-state index contributed by atoms with van der Waals surface area (Å²) in [7, 11) is -1.32. The standard InChI is InChI=1S/C19H28OSi/c1-14(2)19-13-16(11-12-21(4,5)6)7-10-18(19)15(3)20-17-8-9-17/h7,10,13-15,17H,8-9H2,1-6H3. The van der Waals surface area contributed by atoms with Crippen molar-refractivity contribution < 1.29 is 4.74 Å². The summed E-state index contributed by atoms with van der Waals surface area (Å²) in [5.74, 6) is 3.87. The van der Waals surface area contributed by atoms with Crippen LogP contribution in [0.3, 0.4) is 0 Å². The van der Waals surface area contributed by atoms with Gasteiger partial charge < -0.3 is 4.74 Å². The van der Waals surface area contributed by atoms with Crippen molar-refractivity contribution in [1.82, 2.24) is 0 Å². The maximum absolute atomic E-state index is 6.06. The maximum atomic E-state index is 6.06. The van der Waals surface area contributed by atoms with Gasteiger partial charge in [0.15, 0.2) is 0 Å². The molecular formula is C19H28OSi. The van der Waals surface area contributed by atoms with Crippen molar-refractivity contribution in [2.75, 3.05) is 0 Å². The zero-order chi connectivity index (χ0) is 15.6. The van der Waals surface area contributed by atoms with Gasteiger partial charge in [-0.2, -0.15) is 0 Å². The van der Waals surface area contributed by atoms with Crippen molar-refractivity contribution in [2.45, 2.75) is 71.4 Å². The summed E-state index contributed by atoms with van der Waals surface area (Å²) in [6.45, 7) is 13.5. The van der Waals surface area contributed by atoms with E-state index in [4.69, 9.17) is 4.74 Å². The molecule has 1 aromatic carbocycles. The molecule has 21 heavy (non-hydrogen) atoms. The normalized spacial score (nSPS) is 16.5. The lowest BCUT2D eigenvalue weighted by molar-refractivity contribution is 0.0512. The van der Waals surface area contributed by atoms with Gasteiger partial charge in [0.2, 0.25) is 0 Å². The summed E-state index contributed by atoms with van der Waals surface area (Å²) < 4.78 is 6.06. The fourth-order valence-electron chi connectivity index (χ4n) is 2.35. The predicted octanol–water partition coefficient (Wildman–Crippen LogP) is 5.28. The molecule has 2 heteroatoms. The van der Waals surface area contributed by atoms with Crippen molar-refractivity contribution in [1.29, 1.82) is 0 Å². The number of hydrogen-bond donors (Lipinski definition) is 0. The Morgan fingerprint density at radius 3 is 2.29 bits per heavy atom. The van der Waals surface area contributed by atoms with E-state index in [1.807, 2.05) is 0 Å². The van der Waals surface area contributed by atoms with Crippen LogP contribution in [0.5, 0.6) is 0 Å². The highest BCUT2D eigenvalue weighted by molar-refractivity contribution is 6.83. The molecule has 0 heterocycles. The van der Waals surface area contributed by atoms with Crippen molar-refractivity contribution in [2.24, 2.45) is 0 Å². The van der Waals surface area contributed by atoms with Gasteiger partial charge >= 0.3 is 0 Å². The lowest BCUT2D eigenvalue weighted by Crippen LogP contribution is -2.16. The topological polar surface area (TPSA) is 9.23 Å². The van der Waals surface area contributed by atoms with E-state index in [-0.39, 0.29) is 6.10 Å². The van der Waals surface area contributed by atoms with Gasteiger partial charge in [-0.25, -0.2) is 0 Å². The molecule has 1 unspecified atom stereocenters. The minimum Gasteiger partial charge on any atom is -0.371 e. The average Bonchev–Trinajstić information content (AvgIpc) is 3.19. The van der Waals surface area contributed by atoms with Gasteiger partial charge in [0.25, 0.3) is 0 Å². The van der Waals surface area contributed by atoms with Crippen LogP contribution < -0.4 is 0 Å². The Morgan fingerprint density at radius 1 is 1.10 bits per heavy atom. The van der Waals surface area contributed by atoms with Gasteiger partial charge in [-0.15, -0.1) is 5.54 Å². The molecule has 0 N–H and O–H groups in total. The second kappa shape index (κ2) is 6.38. The van der Waals surface area contributed by atoms with Gasteiger partial charge in [0, 0.05) is 5.56 Å². The van der Waals surface area contributed by atoms with E-state index in [1.165, 1.54) is 24.0 Å². The molecule has 1 fully saturated rings. The van der Waals surface area contributed by atoms with Crippen molar-refractivity contribution in [3.05, 3.63) is 34.9 Å². The highest BCUT2D eigenvalue weighted by Gasteiger charge is 2.26. The van der Waals surface area contributed by atoms with E-state index >= 15 is 0 Å². The lowest BCUT2D eigenvalue weighted by atomic mass is 9.92. The molecule has 0 amide bonds. The highest BCUT2D eigenvalue weighted by Crippen LogP contribution is 2.34. The van der Waals surface area contributed by atoms with E-state index in [9.17, 15) is 0 Å². The molecule has 0 spiro atoms. The highest BCUT2D eigenvalue weighted by atomic mass is 28.3. The monoisotopic (exact) mass is 300 g/mol. The first-order chi connectivity index (χ1) is 9.76. The minimum atomic E-state index is -1.32. The van der Waals surface area contributed by atoms with E-state index in [0.717, 1.165) is 5.56 Å². The van der Waals surface area contributed by atoms with Gasteiger partial charge in [0.05, 0.1) is 12.2 Å². The molecule has 0 bridgehead atoms. The van der Waals surface area contributed by atoms with Gasteiger partial charge in [-0.3, -0.25) is 0 Å². The molecule has 0 saturated heterocycles. The second-order valence-corrected chi connectivity index (χ2v) is 12.2. The number of benzene rings is 1. The lowest BCUT2D eigenvalue weighted by Gasteiger charge is -2.19. The van der Waals surface area contributed by atoms with Crippen LogP contribution in [0.25, 0.3) is 0 Å².